The summed E-state index contributed by atoms with van der Waals surface area (Å²) in [5.41, 5.74) is 1.12. The molecule has 6 nitrogen and oxygen atoms in total. The predicted octanol–water partition coefficient (Wildman–Crippen LogP) is 3.68. The van der Waals surface area contributed by atoms with E-state index in [1.807, 2.05) is 47.1 Å². The first-order valence-corrected chi connectivity index (χ1v) is 9.95. The van der Waals surface area contributed by atoms with E-state index in [2.05, 4.69) is 9.97 Å². The zero-order valence-corrected chi connectivity index (χ0v) is 16.0. The van der Waals surface area contributed by atoms with Crippen molar-refractivity contribution in [1.82, 2.24) is 19.9 Å². The lowest BCUT2D eigenvalue weighted by molar-refractivity contribution is 0.0752. The minimum atomic E-state index is -0.0188. The van der Waals surface area contributed by atoms with E-state index in [9.17, 15) is 4.79 Å². The van der Waals surface area contributed by atoms with Crippen molar-refractivity contribution in [3.63, 3.8) is 0 Å². The van der Waals surface area contributed by atoms with Gasteiger partial charge in [0.25, 0.3) is 5.91 Å². The molecule has 0 saturated carbocycles. The summed E-state index contributed by atoms with van der Waals surface area (Å²) in [5.74, 6) is 1.45. The molecule has 1 aliphatic heterocycles. The molecule has 0 fully saturated rings. The highest BCUT2D eigenvalue weighted by atomic mass is 32.1. The molecule has 1 aliphatic rings. The van der Waals surface area contributed by atoms with E-state index >= 15 is 0 Å². The Bertz CT molecular complexity index is 913. The molecule has 0 unspecified atom stereocenters. The number of carbonyl (C=O) groups excluding carboxylic acids is 1. The van der Waals surface area contributed by atoms with E-state index in [0.29, 0.717) is 24.0 Å². The Hall–Kier alpha value is -2.80. The van der Waals surface area contributed by atoms with Crippen LogP contribution in [-0.2, 0) is 13.0 Å². The number of rotatable bonds is 5. The first-order chi connectivity index (χ1) is 13.3. The van der Waals surface area contributed by atoms with Crippen LogP contribution in [0.5, 0.6) is 0 Å². The first kappa shape index (κ1) is 17.6. The van der Waals surface area contributed by atoms with Gasteiger partial charge in [0.2, 0.25) is 5.95 Å². The monoisotopic (exact) mass is 379 g/mol. The highest BCUT2D eigenvalue weighted by molar-refractivity contribution is 7.14. The number of aryl methyl sites for hydroxylation is 1. The lowest BCUT2D eigenvalue weighted by atomic mass is 10.2. The van der Waals surface area contributed by atoms with Crippen molar-refractivity contribution in [2.75, 3.05) is 18.0 Å². The molecule has 1 amide bonds. The van der Waals surface area contributed by atoms with Gasteiger partial charge in [0.1, 0.15) is 0 Å². The standard InChI is InChI=1S/C20H21N5OS/c1-2-24(14-15-8-4-3-5-9-15)19(26)18-23-17-16(27-18)10-6-13-25(17)20-21-11-7-12-22-20/h3-5,7-9,11-12H,2,6,10,13-14H2,1H3. The van der Waals surface area contributed by atoms with Gasteiger partial charge in [0, 0.05) is 36.9 Å². The average Bonchev–Trinajstić information content (AvgIpc) is 3.17. The Kier molecular flexibility index (Phi) is 5.11. The van der Waals surface area contributed by atoms with Crippen LogP contribution in [0.25, 0.3) is 0 Å². The van der Waals surface area contributed by atoms with Gasteiger partial charge in [-0.05, 0) is 31.4 Å². The van der Waals surface area contributed by atoms with Crippen LogP contribution >= 0.6 is 11.3 Å². The maximum atomic E-state index is 13.1. The SMILES string of the molecule is CCN(Cc1ccccc1)C(=O)c1nc2c(s1)CCCN2c1ncccn1. The van der Waals surface area contributed by atoms with Crippen molar-refractivity contribution in [2.24, 2.45) is 0 Å². The summed E-state index contributed by atoms with van der Waals surface area (Å²) < 4.78 is 0. The number of carbonyl (C=O) groups is 1. The Labute approximate surface area is 162 Å². The molecule has 4 rings (SSSR count). The molecular formula is C20H21N5OS. The van der Waals surface area contributed by atoms with Gasteiger partial charge >= 0.3 is 0 Å². The van der Waals surface area contributed by atoms with Crippen LogP contribution < -0.4 is 4.90 Å². The van der Waals surface area contributed by atoms with E-state index in [1.165, 1.54) is 11.3 Å². The van der Waals surface area contributed by atoms with Crippen LogP contribution in [0.2, 0.25) is 0 Å². The van der Waals surface area contributed by atoms with Crippen molar-refractivity contribution in [3.8, 4) is 0 Å². The number of fused-ring (bicyclic) bond motifs is 1. The summed E-state index contributed by atoms with van der Waals surface area (Å²) in [6.07, 6.45) is 5.40. The van der Waals surface area contributed by atoms with Crippen LogP contribution in [0.3, 0.4) is 0 Å². The number of aromatic nitrogens is 3. The van der Waals surface area contributed by atoms with Gasteiger partial charge in [0.15, 0.2) is 10.8 Å². The maximum Gasteiger partial charge on any atom is 0.283 e. The van der Waals surface area contributed by atoms with Crippen LogP contribution in [-0.4, -0.2) is 38.8 Å². The number of nitrogens with zero attached hydrogens (tertiary/aromatic N) is 5. The molecule has 0 bridgehead atoms. The number of anilines is 2. The van der Waals surface area contributed by atoms with Crippen LogP contribution in [0.15, 0.2) is 48.8 Å². The molecular weight excluding hydrogens is 358 g/mol. The Morgan fingerprint density at radius 3 is 2.70 bits per heavy atom. The summed E-state index contributed by atoms with van der Waals surface area (Å²) >= 11 is 1.50. The fourth-order valence-electron chi connectivity index (χ4n) is 3.20. The normalized spacial score (nSPS) is 13.3. The number of amides is 1. The van der Waals surface area contributed by atoms with Gasteiger partial charge in [-0.1, -0.05) is 30.3 Å². The molecule has 2 aromatic heterocycles. The van der Waals surface area contributed by atoms with Gasteiger partial charge in [-0.3, -0.25) is 9.69 Å². The fourth-order valence-corrected chi connectivity index (χ4v) is 4.28. The van der Waals surface area contributed by atoms with Gasteiger partial charge in [-0.25, -0.2) is 15.0 Å². The topological polar surface area (TPSA) is 62.2 Å². The van der Waals surface area contributed by atoms with Crippen molar-refractivity contribution >= 4 is 29.0 Å². The van der Waals surface area contributed by atoms with Crippen molar-refractivity contribution in [3.05, 3.63) is 64.2 Å². The molecule has 3 aromatic rings. The molecule has 0 aliphatic carbocycles. The number of hydrogen-bond donors (Lipinski definition) is 0. The molecule has 0 radical (unpaired) electrons. The molecule has 0 N–H and O–H groups in total. The van der Waals surface area contributed by atoms with Gasteiger partial charge in [-0.2, -0.15) is 0 Å². The maximum absolute atomic E-state index is 13.1. The Balaban J connectivity index is 1.59. The van der Waals surface area contributed by atoms with Crippen LogP contribution in [0, 0.1) is 0 Å². The quantitative estimate of drug-likeness (QED) is 0.677. The third-order valence-electron chi connectivity index (χ3n) is 4.58. The van der Waals surface area contributed by atoms with Crippen molar-refractivity contribution < 1.29 is 4.79 Å². The largest absolute Gasteiger partial charge is 0.333 e. The third-order valence-corrected chi connectivity index (χ3v) is 5.67. The average molecular weight is 379 g/mol. The second kappa shape index (κ2) is 7.84. The van der Waals surface area contributed by atoms with Crippen LogP contribution in [0.4, 0.5) is 11.8 Å². The Morgan fingerprint density at radius 1 is 1.19 bits per heavy atom. The summed E-state index contributed by atoms with van der Waals surface area (Å²) in [6.45, 7) is 4.05. The number of benzene rings is 1. The molecule has 0 atom stereocenters. The molecule has 138 valence electrons. The molecule has 1 aromatic carbocycles. The molecule has 27 heavy (non-hydrogen) atoms. The van der Waals surface area contributed by atoms with E-state index in [0.717, 1.165) is 35.6 Å². The summed E-state index contributed by atoms with van der Waals surface area (Å²) in [6, 6.07) is 11.8. The molecule has 3 heterocycles. The molecule has 0 saturated heterocycles. The van der Waals surface area contributed by atoms with E-state index in [4.69, 9.17) is 4.98 Å². The second-order valence-electron chi connectivity index (χ2n) is 6.37. The smallest absolute Gasteiger partial charge is 0.283 e. The van der Waals surface area contributed by atoms with Crippen molar-refractivity contribution in [1.29, 1.82) is 0 Å². The minimum Gasteiger partial charge on any atom is -0.333 e. The first-order valence-electron chi connectivity index (χ1n) is 9.13. The zero-order valence-electron chi connectivity index (χ0n) is 15.2. The summed E-state index contributed by atoms with van der Waals surface area (Å²) in [7, 11) is 0. The second-order valence-corrected chi connectivity index (χ2v) is 7.46. The van der Waals surface area contributed by atoms with Crippen molar-refractivity contribution in [2.45, 2.75) is 26.3 Å². The zero-order chi connectivity index (χ0) is 18.6. The summed E-state index contributed by atoms with van der Waals surface area (Å²) in [5, 5.41) is 0.542. The Morgan fingerprint density at radius 2 is 1.96 bits per heavy atom. The third kappa shape index (κ3) is 3.68. The van der Waals surface area contributed by atoms with E-state index in [-0.39, 0.29) is 5.91 Å². The molecule has 7 heteroatoms. The highest BCUT2D eigenvalue weighted by Gasteiger charge is 2.28. The van der Waals surface area contributed by atoms with Gasteiger partial charge < -0.3 is 4.90 Å². The predicted molar refractivity (Wildman–Crippen MR) is 106 cm³/mol. The van der Waals surface area contributed by atoms with Gasteiger partial charge in [-0.15, -0.1) is 11.3 Å². The minimum absolute atomic E-state index is 0.0188. The van der Waals surface area contributed by atoms with Crippen LogP contribution in [0.1, 0.15) is 33.6 Å². The number of hydrogen-bond acceptors (Lipinski definition) is 6. The number of thiazole rings is 1. The van der Waals surface area contributed by atoms with Gasteiger partial charge in [0.05, 0.1) is 0 Å². The van der Waals surface area contributed by atoms with E-state index in [1.54, 1.807) is 18.5 Å². The lowest BCUT2D eigenvalue weighted by Crippen LogP contribution is -2.30. The summed E-state index contributed by atoms with van der Waals surface area (Å²) in [4.78, 5) is 31.4. The highest BCUT2D eigenvalue weighted by Crippen LogP contribution is 2.35. The molecule has 0 spiro atoms. The van der Waals surface area contributed by atoms with E-state index < -0.39 is 0 Å². The fraction of sp³-hybridized carbons (Fsp3) is 0.300. The lowest BCUT2D eigenvalue weighted by Gasteiger charge is -2.25.